The quantitative estimate of drug-likeness (QED) is 0.252. The molecule has 7 heteroatoms. The highest BCUT2D eigenvalue weighted by Crippen LogP contribution is 2.31. The van der Waals surface area contributed by atoms with E-state index in [0.29, 0.717) is 11.3 Å². The van der Waals surface area contributed by atoms with Crippen LogP contribution in [0, 0.1) is 17.0 Å². The molecule has 0 bridgehead atoms. The molecule has 148 valence electrons. The third-order valence-corrected chi connectivity index (χ3v) is 5.54. The summed E-state index contributed by atoms with van der Waals surface area (Å²) in [7, 11) is 0. The van der Waals surface area contributed by atoms with Gasteiger partial charge in [0.2, 0.25) is 5.91 Å². The zero-order valence-electron chi connectivity index (χ0n) is 16.0. The van der Waals surface area contributed by atoms with Gasteiger partial charge in [-0.25, -0.2) is 4.98 Å². The third-order valence-electron chi connectivity index (χ3n) is 4.47. The Morgan fingerprint density at radius 1 is 1.07 bits per heavy atom. The minimum absolute atomic E-state index is 0.0138. The van der Waals surface area contributed by atoms with E-state index in [9.17, 15) is 14.9 Å². The molecule has 3 aromatic carbocycles. The van der Waals surface area contributed by atoms with Crippen LogP contribution in [0.2, 0.25) is 0 Å². The van der Waals surface area contributed by atoms with Gasteiger partial charge in [-0.1, -0.05) is 6.07 Å². The standard InChI is InChI=1S/C23H17N3O3S/c1-15-2-12-20-21(14-15)30-23(25-20)17-6-8-18(9-7-17)24-22(27)13-5-16-3-10-19(11-4-16)26(28)29/h2-14H,1H3,(H,24,27). The predicted octanol–water partition coefficient (Wildman–Crippen LogP) is 5.83. The van der Waals surface area contributed by atoms with Gasteiger partial charge in [-0.15, -0.1) is 11.3 Å². The Morgan fingerprint density at radius 3 is 2.50 bits per heavy atom. The Labute approximate surface area is 176 Å². The van der Waals surface area contributed by atoms with Gasteiger partial charge in [-0.05, 0) is 72.7 Å². The van der Waals surface area contributed by atoms with Crippen LogP contribution in [-0.4, -0.2) is 15.8 Å². The number of hydrogen-bond donors (Lipinski definition) is 1. The Hall–Kier alpha value is -3.84. The van der Waals surface area contributed by atoms with Crippen molar-refractivity contribution in [1.82, 2.24) is 4.98 Å². The van der Waals surface area contributed by atoms with Gasteiger partial charge in [-0.3, -0.25) is 14.9 Å². The molecule has 4 aromatic rings. The van der Waals surface area contributed by atoms with Crippen LogP contribution in [0.1, 0.15) is 11.1 Å². The molecule has 0 unspecified atom stereocenters. The number of amides is 1. The first kappa shape index (κ1) is 19.5. The van der Waals surface area contributed by atoms with E-state index in [2.05, 4.69) is 29.4 Å². The largest absolute Gasteiger partial charge is 0.323 e. The van der Waals surface area contributed by atoms with Crippen molar-refractivity contribution in [3.05, 3.63) is 94.0 Å². The van der Waals surface area contributed by atoms with Crippen molar-refractivity contribution in [1.29, 1.82) is 0 Å². The third kappa shape index (κ3) is 4.42. The molecule has 0 radical (unpaired) electrons. The number of nitro groups is 1. The first-order valence-corrected chi connectivity index (χ1v) is 10.0. The van der Waals surface area contributed by atoms with Gasteiger partial charge in [0.15, 0.2) is 0 Å². The highest BCUT2D eigenvalue weighted by atomic mass is 32.1. The number of non-ortho nitro benzene ring substituents is 1. The predicted molar refractivity (Wildman–Crippen MR) is 121 cm³/mol. The molecule has 6 nitrogen and oxygen atoms in total. The van der Waals surface area contributed by atoms with E-state index in [1.807, 2.05) is 30.3 Å². The molecule has 0 atom stereocenters. The summed E-state index contributed by atoms with van der Waals surface area (Å²) >= 11 is 1.64. The van der Waals surface area contributed by atoms with Crippen molar-refractivity contribution in [3.8, 4) is 10.6 Å². The molecule has 1 amide bonds. The van der Waals surface area contributed by atoms with Gasteiger partial charge < -0.3 is 5.32 Å². The van der Waals surface area contributed by atoms with Crippen LogP contribution in [0.25, 0.3) is 26.9 Å². The summed E-state index contributed by atoms with van der Waals surface area (Å²) in [6.45, 7) is 2.06. The Balaban J connectivity index is 1.42. The van der Waals surface area contributed by atoms with Crippen LogP contribution in [0.4, 0.5) is 11.4 Å². The summed E-state index contributed by atoms with van der Waals surface area (Å²) < 4.78 is 1.15. The highest BCUT2D eigenvalue weighted by Gasteiger charge is 2.07. The van der Waals surface area contributed by atoms with Gasteiger partial charge in [-0.2, -0.15) is 0 Å². The number of nitrogens with zero attached hydrogens (tertiary/aromatic N) is 2. The summed E-state index contributed by atoms with van der Waals surface area (Å²) in [5, 5.41) is 14.4. The molecule has 30 heavy (non-hydrogen) atoms. The number of benzene rings is 3. The summed E-state index contributed by atoms with van der Waals surface area (Å²) in [6, 6.07) is 19.7. The van der Waals surface area contributed by atoms with E-state index >= 15 is 0 Å². The second-order valence-electron chi connectivity index (χ2n) is 6.74. The summed E-state index contributed by atoms with van der Waals surface area (Å²) in [6.07, 6.45) is 3.00. The number of fused-ring (bicyclic) bond motifs is 1. The van der Waals surface area contributed by atoms with Gasteiger partial charge in [0.05, 0.1) is 15.1 Å². The second kappa shape index (κ2) is 8.26. The smallest absolute Gasteiger partial charge is 0.269 e. The maximum Gasteiger partial charge on any atom is 0.269 e. The van der Waals surface area contributed by atoms with Crippen LogP contribution < -0.4 is 5.32 Å². The van der Waals surface area contributed by atoms with Crippen LogP contribution in [0.3, 0.4) is 0 Å². The van der Waals surface area contributed by atoms with Crippen LogP contribution in [0.15, 0.2) is 72.8 Å². The first-order chi connectivity index (χ1) is 14.5. The lowest BCUT2D eigenvalue weighted by molar-refractivity contribution is -0.384. The molecule has 0 aliphatic heterocycles. The van der Waals surface area contributed by atoms with E-state index < -0.39 is 4.92 Å². The van der Waals surface area contributed by atoms with Crippen molar-refractivity contribution in [2.75, 3.05) is 5.32 Å². The van der Waals surface area contributed by atoms with Crippen molar-refractivity contribution in [2.45, 2.75) is 6.92 Å². The van der Waals surface area contributed by atoms with E-state index in [0.717, 1.165) is 20.8 Å². The molecule has 1 heterocycles. The summed E-state index contributed by atoms with van der Waals surface area (Å²) in [5.41, 5.74) is 4.58. The molecule has 0 aliphatic carbocycles. The topological polar surface area (TPSA) is 85.1 Å². The number of thiazole rings is 1. The van der Waals surface area contributed by atoms with Crippen LogP contribution in [-0.2, 0) is 4.79 Å². The zero-order chi connectivity index (χ0) is 21.1. The number of carbonyl (C=O) groups is 1. The second-order valence-corrected chi connectivity index (χ2v) is 7.77. The zero-order valence-corrected chi connectivity index (χ0v) is 16.8. The normalized spacial score (nSPS) is 11.1. The van der Waals surface area contributed by atoms with Gasteiger partial charge in [0.25, 0.3) is 5.69 Å². The lowest BCUT2D eigenvalue weighted by atomic mass is 10.2. The van der Waals surface area contributed by atoms with Crippen LogP contribution in [0.5, 0.6) is 0 Å². The Morgan fingerprint density at radius 2 is 1.80 bits per heavy atom. The monoisotopic (exact) mass is 415 g/mol. The fourth-order valence-corrected chi connectivity index (χ4v) is 3.98. The van der Waals surface area contributed by atoms with Crippen molar-refractivity contribution in [3.63, 3.8) is 0 Å². The Kier molecular flexibility index (Phi) is 5.36. The highest BCUT2D eigenvalue weighted by molar-refractivity contribution is 7.21. The summed E-state index contributed by atoms with van der Waals surface area (Å²) in [5.74, 6) is -0.281. The molecule has 0 aliphatic rings. The molecular formula is C23H17N3O3S. The molecule has 0 spiro atoms. The van der Waals surface area contributed by atoms with Crippen LogP contribution >= 0.6 is 11.3 Å². The Bertz CT molecular complexity index is 1260. The number of nitrogens with one attached hydrogen (secondary N) is 1. The van der Waals surface area contributed by atoms with Crippen molar-refractivity contribution in [2.24, 2.45) is 0 Å². The molecule has 1 N–H and O–H groups in total. The number of nitro benzene ring substituents is 1. The lowest BCUT2D eigenvalue weighted by Crippen LogP contribution is -2.07. The van der Waals surface area contributed by atoms with Crippen molar-refractivity contribution < 1.29 is 9.72 Å². The number of aryl methyl sites for hydroxylation is 1. The van der Waals surface area contributed by atoms with E-state index in [1.165, 1.54) is 23.8 Å². The molecule has 0 saturated heterocycles. The molecule has 0 fully saturated rings. The first-order valence-electron chi connectivity index (χ1n) is 9.19. The lowest BCUT2D eigenvalue weighted by Gasteiger charge is -2.03. The molecule has 1 aromatic heterocycles. The minimum atomic E-state index is -0.459. The number of anilines is 1. The van der Waals surface area contributed by atoms with Gasteiger partial charge in [0.1, 0.15) is 5.01 Å². The fraction of sp³-hybridized carbons (Fsp3) is 0.0435. The van der Waals surface area contributed by atoms with E-state index in [1.54, 1.807) is 29.5 Å². The minimum Gasteiger partial charge on any atom is -0.323 e. The van der Waals surface area contributed by atoms with E-state index in [-0.39, 0.29) is 11.6 Å². The summed E-state index contributed by atoms with van der Waals surface area (Å²) in [4.78, 5) is 27.0. The number of aromatic nitrogens is 1. The SMILES string of the molecule is Cc1ccc2nc(-c3ccc(NC(=O)C=Cc4ccc([N+](=O)[O-])cc4)cc3)sc2c1. The molecule has 4 rings (SSSR count). The fourth-order valence-electron chi connectivity index (χ4n) is 2.91. The number of hydrogen-bond acceptors (Lipinski definition) is 5. The van der Waals surface area contributed by atoms with Crippen molar-refractivity contribution >= 4 is 44.9 Å². The average Bonchev–Trinajstić information content (AvgIpc) is 3.16. The van der Waals surface area contributed by atoms with E-state index in [4.69, 9.17) is 0 Å². The maximum absolute atomic E-state index is 12.1. The van der Waals surface area contributed by atoms with Gasteiger partial charge >= 0.3 is 0 Å². The maximum atomic E-state index is 12.1. The van der Waals surface area contributed by atoms with Gasteiger partial charge in [0, 0.05) is 29.5 Å². The molecular weight excluding hydrogens is 398 g/mol. The molecule has 0 saturated carbocycles. The number of carbonyl (C=O) groups excluding carboxylic acids is 1. The average molecular weight is 415 g/mol. The number of rotatable bonds is 5.